The van der Waals surface area contributed by atoms with Gasteiger partial charge in [0.25, 0.3) is 0 Å². The van der Waals surface area contributed by atoms with Gasteiger partial charge in [0.05, 0.1) is 5.69 Å². The normalized spacial score (nSPS) is 15.9. The fraction of sp³-hybridized carbons (Fsp3) is 0.250. The molecule has 0 aliphatic heterocycles. The molecule has 0 saturated carbocycles. The van der Waals surface area contributed by atoms with Crippen LogP contribution in [-0.4, -0.2) is 4.98 Å². The van der Waals surface area contributed by atoms with Crippen LogP contribution in [0.2, 0.25) is 0 Å². The first-order valence-corrected chi connectivity index (χ1v) is 3.49. The van der Waals surface area contributed by atoms with E-state index < -0.39 is 0 Å². The number of allylic oxidation sites excluding steroid dienone is 2. The minimum Gasteiger partial charge on any atom is -0.412 e. The molecule has 57 valence electrons. The zero-order chi connectivity index (χ0) is 7.84. The maximum Gasteiger partial charge on any atom is 0.416 e. The van der Waals surface area contributed by atoms with Crippen LogP contribution < -0.4 is 5.76 Å². The predicted molar refractivity (Wildman–Crippen MR) is 40.2 cm³/mol. The summed E-state index contributed by atoms with van der Waals surface area (Å²) in [6, 6.07) is 0. The van der Waals surface area contributed by atoms with Crippen LogP contribution in [0, 0.1) is 6.42 Å². The fourth-order valence-electron chi connectivity index (χ4n) is 1.18. The van der Waals surface area contributed by atoms with E-state index in [4.69, 9.17) is 4.42 Å². The highest BCUT2D eigenvalue weighted by Gasteiger charge is 2.13. The van der Waals surface area contributed by atoms with Crippen LogP contribution in [0.3, 0.4) is 0 Å². The largest absolute Gasteiger partial charge is 0.416 e. The van der Waals surface area contributed by atoms with Crippen LogP contribution in [0.4, 0.5) is 0 Å². The average molecular weight is 150 g/mol. The smallest absolute Gasteiger partial charge is 0.412 e. The number of hydrogen-bond donors (Lipinski definition) is 1. The molecule has 3 nitrogen and oxygen atoms in total. The van der Waals surface area contributed by atoms with Crippen molar-refractivity contribution >= 4 is 0 Å². The summed E-state index contributed by atoms with van der Waals surface area (Å²) < 4.78 is 4.87. The maximum atomic E-state index is 10.7. The van der Waals surface area contributed by atoms with Gasteiger partial charge in [-0.25, -0.2) is 4.79 Å². The van der Waals surface area contributed by atoms with E-state index in [1.807, 2.05) is 19.4 Å². The number of hydrogen-bond acceptors (Lipinski definition) is 2. The number of nitrogens with one attached hydrogen (secondary N) is 1. The molecule has 2 rings (SSSR count). The second-order valence-corrected chi connectivity index (χ2v) is 2.65. The lowest BCUT2D eigenvalue weighted by molar-refractivity contribution is 0.477. The molecule has 0 spiro atoms. The molecule has 0 atom stereocenters. The summed E-state index contributed by atoms with van der Waals surface area (Å²) in [6.07, 6.45) is 4.65. The van der Waals surface area contributed by atoms with Crippen LogP contribution in [0.25, 0.3) is 0 Å². The van der Waals surface area contributed by atoms with Crippen LogP contribution in [0.1, 0.15) is 18.4 Å². The van der Waals surface area contributed by atoms with Crippen molar-refractivity contribution < 1.29 is 4.42 Å². The summed E-state index contributed by atoms with van der Waals surface area (Å²) in [7, 11) is 0. The van der Waals surface area contributed by atoms with Gasteiger partial charge in [-0.2, -0.15) is 0 Å². The first kappa shape index (κ1) is 6.46. The quantitative estimate of drug-likeness (QED) is 0.600. The molecule has 1 aliphatic carbocycles. The number of H-pyrrole nitrogens is 1. The van der Waals surface area contributed by atoms with Gasteiger partial charge in [-0.05, 0) is 6.92 Å². The maximum absolute atomic E-state index is 10.7. The molecular weight excluding hydrogens is 142 g/mol. The lowest BCUT2D eigenvalue weighted by Gasteiger charge is -2.05. The third-order valence-electron chi connectivity index (χ3n) is 1.73. The number of oxazole rings is 1. The number of aromatic amines is 1. The van der Waals surface area contributed by atoms with E-state index in [0.717, 1.165) is 23.4 Å². The number of fused-ring (bicyclic) bond motifs is 1. The molecular formula is C8H8NO2. The lowest BCUT2D eigenvalue weighted by Crippen LogP contribution is -1.98. The molecule has 1 radical (unpaired) electrons. The van der Waals surface area contributed by atoms with Gasteiger partial charge in [-0.1, -0.05) is 11.6 Å². The third-order valence-corrected chi connectivity index (χ3v) is 1.73. The summed E-state index contributed by atoms with van der Waals surface area (Å²) in [5, 5.41) is 0. The Morgan fingerprint density at radius 2 is 2.45 bits per heavy atom. The van der Waals surface area contributed by atoms with Crippen molar-refractivity contribution in [1.82, 2.24) is 4.98 Å². The minimum absolute atomic E-state index is 0.366. The van der Waals surface area contributed by atoms with Crippen molar-refractivity contribution in [3.05, 3.63) is 40.1 Å². The van der Waals surface area contributed by atoms with Gasteiger partial charge in [0, 0.05) is 12.8 Å². The Bertz CT molecular complexity index is 356. The van der Waals surface area contributed by atoms with E-state index in [1.54, 1.807) is 0 Å². The van der Waals surface area contributed by atoms with E-state index in [0.29, 0.717) is 0 Å². The molecule has 1 heterocycles. The average Bonchev–Trinajstić information content (AvgIpc) is 2.27. The van der Waals surface area contributed by atoms with Crippen LogP contribution in [-0.2, 0) is 6.42 Å². The van der Waals surface area contributed by atoms with Crippen LogP contribution in [0.15, 0.2) is 20.9 Å². The summed E-state index contributed by atoms with van der Waals surface area (Å²) in [4.78, 5) is 13.3. The Morgan fingerprint density at radius 1 is 1.64 bits per heavy atom. The van der Waals surface area contributed by atoms with E-state index in [1.165, 1.54) is 0 Å². The molecule has 0 aromatic carbocycles. The highest BCUT2D eigenvalue weighted by atomic mass is 16.4. The first-order chi connectivity index (χ1) is 5.25. The highest BCUT2D eigenvalue weighted by Crippen LogP contribution is 2.18. The van der Waals surface area contributed by atoms with Crippen LogP contribution in [0.5, 0.6) is 0 Å². The first-order valence-electron chi connectivity index (χ1n) is 3.49. The third kappa shape index (κ3) is 1.02. The topological polar surface area (TPSA) is 46.0 Å². The molecule has 0 saturated heterocycles. The molecule has 11 heavy (non-hydrogen) atoms. The van der Waals surface area contributed by atoms with E-state index >= 15 is 0 Å². The fourth-order valence-corrected chi connectivity index (χ4v) is 1.18. The van der Waals surface area contributed by atoms with Gasteiger partial charge in [0.15, 0.2) is 0 Å². The molecule has 1 aliphatic rings. The molecule has 0 bridgehead atoms. The highest BCUT2D eigenvalue weighted by molar-refractivity contribution is 5.35. The van der Waals surface area contributed by atoms with Crippen molar-refractivity contribution in [2.45, 2.75) is 13.3 Å². The number of aromatic nitrogens is 1. The van der Waals surface area contributed by atoms with Gasteiger partial charge in [0.1, 0.15) is 5.76 Å². The van der Waals surface area contributed by atoms with E-state index in [9.17, 15) is 4.79 Å². The Labute approximate surface area is 63.7 Å². The summed E-state index contributed by atoms with van der Waals surface area (Å²) >= 11 is 0. The molecule has 0 fully saturated rings. The monoisotopic (exact) mass is 150 g/mol. The van der Waals surface area contributed by atoms with Gasteiger partial charge >= 0.3 is 5.76 Å². The Morgan fingerprint density at radius 3 is 3.27 bits per heavy atom. The van der Waals surface area contributed by atoms with Crippen molar-refractivity contribution in [2.75, 3.05) is 0 Å². The summed E-state index contributed by atoms with van der Waals surface area (Å²) in [5.74, 6) is 0.370. The van der Waals surface area contributed by atoms with Gasteiger partial charge in [0.2, 0.25) is 0 Å². The molecule has 0 amide bonds. The van der Waals surface area contributed by atoms with Crippen molar-refractivity contribution in [2.24, 2.45) is 0 Å². The van der Waals surface area contributed by atoms with Crippen molar-refractivity contribution in [1.29, 1.82) is 0 Å². The SMILES string of the molecule is CC1=CCc2oc(=O)[nH]c2[CH]1. The van der Waals surface area contributed by atoms with Gasteiger partial charge < -0.3 is 4.42 Å². The van der Waals surface area contributed by atoms with Gasteiger partial charge in [-0.3, -0.25) is 4.98 Å². The molecule has 0 unspecified atom stereocenters. The molecule has 3 heteroatoms. The molecule has 1 aromatic heterocycles. The van der Waals surface area contributed by atoms with E-state index in [2.05, 4.69) is 4.98 Å². The predicted octanol–water partition coefficient (Wildman–Crippen LogP) is 1.02. The molecule has 1 N–H and O–H groups in total. The Kier molecular flexibility index (Phi) is 1.24. The summed E-state index contributed by atoms with van der Waals surface area (Å²) in [6.45, 7) is 1.99. The second kappa shape index (κ2) is 2.12. The van der Waals surface area contributed by atoms with Gasteiger partial charge in [-0.15, -0.1) is 0 Å². The number of rotatable bonds is 0. The van der Waals surface area contributed by atoms with Crippen LogP contribution >= 0.6 is 0 Å². The minimum atomic E-state index is -0.366. The van der Waals surface area contributed by atoms with Crippen molar-refractivity contribution in [3.8, 4) is 0 Å². The van der Waals surface area contributed by atoms with Crippen molar-refractivity contribution in [3.63, 3.8) is 0 Å². The molecule has 1 aromatic rings. The zero-order valence-corrected chi connectivity index (χ0v) is 6.18. The Hall–Kier alpha value is -1.25. The summed E-state index contributed by atoms with van der Waals surface area (Å²) in [5.41, 5.74) is 1.98. The van der Waals surface area contributed by atoms with E-state index in [-0.39, 0.29) is 5.76 Å². The Balaban J connectivity index is 2.48. The standard InChI is InChI=1S/C8H8NO2/c1-5-2-3-7-6(4-5)9-8(10)11-7/h2,4H,3H2,1H3,(H,9,10). The lowest BCUT2D eigenvalue weighted by atomic mass is 10.0. The zero-order valence-electron chi connectivity index (χ0n) is 6.18. The second-order valence-electron chi connectivity index (χ2n) is 2.65.